The average Bonchev–Trinajstić information content (AvgIpc) is 3.01. The first-order valence-corrected chi connectivity index (χ1v) is 8.60. The van der Waals surface area contributed by atoms with Crippen LogP contribution >= 0.6 is 11.6 Å². The van der Waals surface area contributed by atoms with Crippen LogP contribution in [0.2, 0.25) is 5.02 Å². The van der Waals surface area contributed by atoms with E-state index in [1.54, 1.807) is 18.2 Å². The molecule has 3 rings (SSSR count). The van der Waals surface area contributed by atoms with Gasteiger partial charge in [0.2, 0.25) is 0 Å². The van der Waals surface area contributed by atoms with E-state index in [9.17, 15) is 8.42 Å². The molecule has 1 aromatic carbocycles. The maximum atomic E-state index is 11.9. The normalized spacial score (nSPS) is 20.7. The minimum atomic E-state index is -3.05. The Labute approximate surface area is 127 Å². The van der Waals surface area contributed by atoms with Crippen molar-refractivity contribution in [2.45, 2.75) is 24.6 Å². The smallest absolute Gasteiger partial charge is 0.184 e. The largest absolute Gasteiger partial charge is 0.397 e. The Hall–Kier alpha value is -1.67. The minimum Gasteiger partial charge on any atom is -0.397 e. The number of nitrogens with zero attached hydrogens (tertiary/aromatic N) is 4. The number of halogens is 1. The molecule has 0 radical (unpaired) electrons. The molecule has 2 heterocycles. The number of nitrogen functional groups attached to an aromatic ring is 1. The topological polar surface area (TPSA) is 104 Å². The van der Waals surface area contributed by atoms with Crippen LogP contribution in [0.3, 0.4) is 0 Å². The number of hydrogen-bond donors (Lipinski definition) is 1. The first-order chi connectivity index (χ1) is 9.99. The Morgan fingerprint density at radius 3 is 2.95 bits per heavy atom. The van der Waals surface area contributed by atoms with Crippen LogP contribution in [-0.4, -0.2) is 39.6 Å². The van der Waals surface area contributed by atoms with Gasteiger partial charge in [-0.15, -0.1) is 5.10 Å². The van der Waals surface area contributed by atoms with E-state index in [0.717, 1.165) is 0 Å². The summed E-state index contributed by atoms with van der Waals surface area (Å²) < 4.78 is 25.3. The lowest BCUT2D eigenvalue weighted by Gasteiger charge is -2.11. The third-order valence-electron chi connectivity index (χ3n) is 3.67. The minimum absolute atomic E-state index is 0.231. The molecule has 0 spiro atoms. The zero-order valence-corrected chi connectivity index (χ0v) is 12.7. The molecular weight excluding hydrogens is 314 g/mol. The number of para-hydroxylation sites is 1. The number of benzene rings is 1. The lowest BCUT2D eigenvalue weighted by Crippen LogP contribution is -2.23. The van der Waals surface area contributed by atoms with Crippen molar-refractivity contribution in [3.63, 3.8) is 0 Å². The third-order valence-corrected chi connectivity index (χ3v) is 6.25. The van der Waals surface area contributed by atoms with E-state index < -0.39 is 15.1 Å². The summed E-state index contributed by atoms with van der Waals surface area (Å²) in [5, 5.41) is 11.4. The maximum Gasteiger partial charge on any atom is 0.184 e. The van der Waals surface area contributed by atoms with Crippen molar-refractivity contribution in [1.29, 1.82) is 0 Å². The summed E-state index contributed by atoms with van der Waals surface area (Å²) >= 11 is 6.00. The highest BCUT2D eigenvalue weighted by Crippen LogP contribution is 2.30. The molecule has 1 aromatic heterocycles. The molecule has 1 aliphatic heterocycles. The highest BCUT2D eigenvalue weighted by Gasteiger charge is 2.32. The van der Waals surface area contributed by atoms with Crippen LogP contribution in [-0.2, 0) is 16.4 Å². The van der Waals surface area contributed by atoms with E-state index in [2.05, 4.69) is 15.5 Å². The van der Waals surface area contributed by atoms with Gasteiger partial charge in [-0.2, -0.15) is 0 Å². The van der Waals surface area contributed by atoms with Gasteiger partial charge in [0.25, 0.3) is 0 Å². The highest BCUT2D eigenvalue weighted by molar-refractivity contribution is 7.92. The lowest BCUT2D eigenvalue weighted by atomic mass is 10.1. The van der Waals surface area contributed by atoms with Crippen molar-refractivity contribution < 1.29 is 8.42 Å². The van der Waals surface area contributed by atoms with Crippen LogP contribution in [0.15, 0.2) is 18.2 Å². The number of hydrogen-bond acceptors (Lipinski definition) is 6. The van der Waals surface area contributed by atoms with Crippen LogP contribution in [0.1, 0.15) is 12.8 Å². The number of sulfone groups is 1. The van der Waals surface area contributed by atoms with Crippen molar-refractivity contribution >= 4 is 27.1 Å². The van der Waals surface area contributed by atoms with Gasteiger partial charge in [-0.05, 0) is 35.4 Å². The van der Waals surface area contributed by atoms with Crippen LogP contribution in [0.4, 0.5) is 5.69 Å². The first-order valence-electron chi connectivity index (χ1n) is 6.51. The number of nitrogens with two attached hydrogens (primary N) is 1. The zero-order chi connectivity index (χ0) is 15.0. The number of aromatic nitrogens is 4. The monoisotopic (exact) mass is 327 g/mol. The maximum absolute atomic E-state index is 11.9. The fraction of sp³-hybridized carbons (Fsp3) is 0.417. The SMILES string of the molecule is Nc1c(Cl)cccc1-c1nnnn1CC1CCCS1(=O)=O. The molecule has 0 saturated carbocycles. The Balaban J connectivity index is 1.96. The molecule has 1 saturated heterocycles. The van der Waals surface area contributed by atoms with E-state index in [4.69, 9.17) is 17.3 Å². The van der Waals surface area contributed by atoms with Crippen LogP contribution < -0.4 is 5.73 Å². The van der Waals surface area contributed by atoms with E-state index in [1.165, 1.54) is 4.68 Å². The molecule has 21 heavy (non-hydrogen) atoms. The summed E-state index contributed by atoms with van der Waals surface area (Å²) in [4.78, 5) is 0. The zero-order valence-electron chi connectivity index (χ0n) is 11.1. The second-order valence-electron chi connectivity index (χ2n) is 5.02. The quantitative estimate of drug-likeness (QED) is 0.848. The molecule has 1 aliphatic rings. The molecule has 0 bridgehead atoms. The predicted molar refractivity (Wildman–Crippen MR) is 79.5 cm³/mol. The number of rotatable bonds is 3. The molecular formula is C12H14ClN5O2S. The Morgan fingerprint density at radius 2 is 2.24 bits per heavy atom. The van der Waals surface area contributed by atoms with Crippen LogP contribution in [0.25, 0.3) is 11.4 Å². The van der Waals surface area contributed by atoms with Crippen molar-refractivity contribution in [2.75, 3.05) is 11.5 Å². The fourth-order valence-electron chi connectivity index (χ4n) is 2.51. The van der Waals surface area contributed by atoms with E-state index in [-0.39, 0.29) is 12.3 Å². The summed E-state index contributed by atoms with van der Waals surface area (Å²) in [6, 6.07) is 5.18. The van der Waals surface area contributed by atoms with Gasteiger partial charge in [0.1, 0.15) is 0 Å². The second kappa shape index (κ2) is 5.27. The summed E-state index contributed by atoms with van der Waals surface area (Å²) in [5.74, 6) is 0.658. The molecule has 1 atom stereocenters. The lowest BCUT2D eigenvalue weighted by molar-refractivity contribution is 0.534. The van der Waals surface area contributed by atoms with Gasteiger partial charge in [0.05, 0.1) is 28.3 Å². The first kappa shape index (κ1) is 14.3. The van der Waals surface area contributed by atoms with Gasteiger partial charge < -0.3 is 5.73 Å². The van der Waals surface area contributed by atoms with Gasteiger partial charge in [0, 0.05) is 5.56 Å². The van der Waals surface area contributed by atoms with Crippen molar-refractivity contribution in [1.82, 2.24) is 20.2 Å². The Bertz CT molecular complexity index is 774. The third kappa shape index (κ3) is 2.60. The molecule has 0 amide bonds. The summed E-state index contributed by atoms with van der Waals surface area (Å²) in [6.45, 7) is 0.233. The van der Waals surface area contributed by atoms with Crippen LogP contribution in [0.5, 0.6) is 0 Å². The molecule has 112 valence electrons. The molecule has 2 aromatic rings. The van der Waals surface area contributed by atoms with E-state index >= 15 is 0 Å². The molecule has 0 aliphatic carbocycles. The Morgan fingerprint density at radius 1 is 1.43 bits per heavy atom. The van der Waals surface area contributed by atoms with E-state index in [0.29, 0.717) is 34.9 Å². The van der Waals surface area contributed by atoms with Crippen molar-refractivity contribution in [3.05, 3.63) is 23.2 Å². The highest BCUT2D eigenvalue weighted by atomic mass is 35.5. The van der Waals surface area contributed by atoms with Gasteiger partial charge in [0.15, 0.2) is 15.7 Å². The standard InChI is InChI=1S/C12H14ClN5O2S/c13-10-5-1-4-9(11(10)14)12-15-16-17-18(12)7-8-3-2-6-21(8,19)20/h1,4-5,8H,2-3,6-7,14H2. The van der Waals surface area contributed by atoms with Gasteiger partial charge in [-0.1, -0.05) is 17.7 Å². The van der Waals surface area contributed by atoms with Crippen molar-refractivity contribution in [3.8, 4) is 11.4 Å². The predicted octanol–water partition coefficient (Wildman–Crippen LogP) is 1.15. The molecule has 1 fully saturated rings. The molecule has 1 unspecified atom stereocenters. The van der Waals surface area contributed by atoms with Crippen molar-refractivity contribution in [2.24, 2.45) is 0 Å². The van der Waals surface area contributed by atoms with Gasteiger partial charge in [-0.25, -0.2) is 13.1 Å². The summed E-state index contributed by atoms with van der Waals surface area (Å²) in [7, 11) is -3.05. The fourth-order valence-corrected chi connectivity index (χ4v) is 4.48. The van der Waals surface area contributed by atoms with Gasteiger partial charge in [-0.3, -0.25) is 0 Å². The average molecular weight is 328 g/mol. The number of anilines is 1. The summed E-state index contributed by atoms with van der Waals surface area (Å²) in [5.41, 5.74) is 6.92. The number of tetrazole rings is 1. The molecule has 2 N–H and O–H groups in total. The Kier molecular flexibility index (Phi) is 3.58. The molecule has 7 nitrogen and oxygen atoms in total. The van der Waals surface area contributed by atoms with E-state index in [1.807, 2.05) is 0 Å². The van der Waals surface area contributed by atoms with Gasteiger partial charge >= 0.3 is 0 Å². The summed E-state index contributed by atoms with van der Waals surface area (Å²) in [6.07, 6.45) is 1.32. The van der Waals surface area contributed by atoms with Crippen LogP contribution in [0, 0.1) is 0 Å². The second-order valence-corrected chi connectivity index (χ2v) is 7.82. The molecule has 9 heteroatoms.